The Kier molecular flexibility index (Phi) is 6.11. The van der Waals surface area contributed by atoms with Crippen LogP contribution >= 0.6 is 35.0 Å². The van der Waals surface area contributed by atoms with Crippen molar-refractivity contribution in [2.24, 2.45) is 5.73 Å². The highest BCUT2D eigenvalue weighted by molar-refractivity contribution is 8.00. The molecule has 0 fully saturated rings. The Bertz CT molecular complexity index is 1070. The molecule has 0 saturated carbocycles. The van der Waals surface area contributed by atoms with Gasteiger partial charge in [-0.3, -0.25) is 9.36 Å². The fourth-order valence-electron chi connectivity index (χ4n) is 2.48. The van der Waals surface area contributed by atoms with Crippen molar-refractivity contribution in [3.05, 3.63) is 58.1 Å². The highest BCUT2D eigenvalue weighted by Crippen LogP contribution is 2.38. The van der Waals surface area contributed by atoms with Crippen molar-refractivity contribution in [1.29, 1.82) is 0 Å². The first kappa shape index (κ1) is 21.5. The van der Waals surface area contributed by atoms with Gasteiger partial charge in [-0.25, -0.2) is 0 Å². The molecule has 3 aromatic rings. The van der Waals surface area contributed by atoms with Gasteiger partial charge in [0.15, 0.2) is 11.0 Å². The smallest absolute Gasteiger partial charge is 0.369 e. The summed E-state index contributed by atoms with van der Waals surface area (Å²) in [5.41, 5.74) is 4.97. The molecule has 0 bridgehead atoms. The molecule has 5 nitrogen and oxygen atoms in total. The predicted molar refractivity (Wildman–Crippen MR) is 106 cm³/mol. The third kappa shape index (κ3) is 4.68. The molecule has 152 valence electrons. The highest BCUT2D eigenvalue weighted by atomic mass is 35.5. The summed E-state index contributed by atoms with van der Waals surface area (Å²) in [5.74, 6) is -0.344. The fourth-order valence-corrected chi connectivity index (χ4v) is 3.71. The summed E-state index contributed by atoms with van der Waals surface area (Å²) in [5, 5.41) is 7.65. The number of nitrogens with zero attached hydrogens (tertiary/aromatic N) is 3. The summed E-state index contributed by atoms with van der Waals surface area (Å²) in [6.07, 6.45) is -4.65. The molecular weight excluding hydrogens is 448 g/mol. The van der Waals surface area contributed by atoms with Crippen LogP contribution in [0.15, 0.2) is 47.6 Å². The lowest BCUT2D eigenvalue weighted by atomic mass is 10.1. The maximum Gasteiger partial charge on any atom is 0.417 e. The first-order chi connectivity index (χ1) is 13.6. The van der Waals surface area contributed by atoms with Crippen LogP contribution in [-0.2, 0) is 11.0 Å². The topological polar surface area (TPSA) is 73.8 Å². The van der Waals surface area contributed by atoms with E-state index in [1.54, 1.807) is 31.2 Å². The maximum absolute atomic E-state index is 13.4. The Morgan fingerprint density at radius 2 is 1.90 bits per heavy atom. The monoisotopic (exact) mass is 460 g/mol. The average molecular weight is 461 g/mol. The number of amides is 1. The van der Waals surface area contributed by atoms with E-state index in [0.29, 0.717) is 10.6 Å². The molecule has 0 aliphatic carbocycles. The highest BCUT2D eigenvalue weighted by Gasteiger charge is 2.34. The van der Waals surface area contributed by atoms with Crippen molar-refractivity contribution in [2.45, 2.75) is 23.5 Å². The summed E-state index contributed by atoms with van der Waals surface area (Å²) < 4.78 is 41.5. The molecule has 1 unspecified atom stereocenters. The molecule has 0 aliphatic rings. The number of rotatable bonds is 5. The zero-order valence-electron chi connectivity index (χ0n) is 14.7. The molecular formula is C18H13Cl2F3N4OS. The van der Waals surface area contributed by atoms with E-state index < -0.39 is 27.9 Å². The zero-order chi connectivity index (χ0) is 21.3. The minimum atomic E-state index is -4.65. The maximum atomic E-state index is 13.4. The number of primary amides is 1. The van der Waals surface area contributed by atoms with Crippen LogP contribution in [0.25, 0.3) is 17.1 Å². The molecule has 0 radical (unpaired) electrons. The molecule has 2 aromatic carbocycles. The van der Waals surface area contributed by atoms with Gasteiger partial charge >= 0.3 is 6.18 Å². The van der Waals surface area contributed by atoms with E-state index in [2.05, 4.69) is 10.2 Å². The third-order valence-corrected chi connectivity index (χ3v) is 5.54. The van der Waals surface area contributed by atoms with Gasteiger partial charge in [-0.1, -0.05) is 47.1 Å². The molecule has 1 aromatic heterocycles. The van der Waals surface area contributed by atoms with E-state index in [0.717, 1.165) is 23.9 Å². The van der Waals surface area contributed by atoms with Crippen LogP contribution in [0.5, 0.6) is 0 Å². The lowest BCUT2D eigenvalue weighted by Crippen LogP contribution is -2.23. The SMILES string of the molecule is CC(Sc1nnc(-c2cccc(Cl)c2)n1-c1ccc(Cl)c(C(F)(F)F)c1)C(N)=O. The van der Waals surface area contributed by atoms with Crippen LogP contribution in [0.3, 0.4) is 0 Å². The minimum absolute atomic E-state index is 0.126. The number of carbonyl (C=O) groups excluding carboxylic acids is 1. The van der Waals surface area contributed by atoms with E-state index in [1.165, 1.54) is 10.6 Å². The normalized spacial score (nSPS) is 12.8. The van der Waals surface area contributed by atoms with Gasteiger partial charge in [0, 0.05) is 10.6 Å². The standard InChI is InChI=1S/C18H13Cl2F3N4OS/c1-9(15(24)28)29-17-26-25-16(10-3-2-4-11(19)7-10)27(17)12-5-6-14(20)13(8-12)18(21,22)23/h2-9H,1H3,(H2,24,28). The number of thioether (sulfide) groups is 1. The van der Waals surface area contributed by atoms with Crippen LogP contribution in [0.4, 0.5) is 13.2 Å². The van der Waals surface area contributed by atoms with Gasteiger partial charge in [0.1, 0.15) is 0 Å². The second-order valence-corrected chi connectivity index (χ2v) is 8.13. The van der Waals surface area contributed by atoms with Crippen molar-refractivity contribution < 1.29 is 18.0 Å². The Labute approximate surface area is 178 Å². The number of nitrogens with two attached hydrogens (primary N) is 1. The second kappa shape index (κ2) is 8.25. The van der Waals surface area contributed by atoms with E-state index >= 15 is 0 Å². The van der Waals surface area contributed by atoms with Gasteiger partial charge in [0.05, 0.1) is 21.5 Å². The van der Waals surface area contributed by atoms with Gasteiger partial charge in [0.25, 0.3) is 0 Å². The summed E-state index contributed by atoms with van der Waals surface area (Å²) in [4.78, 5) is 11.5. The third-order valence-electron chi connectivity index (χ3n) is 3.91. The van der Waals surface area contributed by atoms with Gasteiger partial charge in [0.2, 0.25) is 5.91 Å². The molecule has 1 heterocycles. The fraction of sp³-hybridized carbons (Fsp3) is 0.167. The number of hydrogen-bond donors (Lipinski definition) is 1. The van der Waals surface area contributed by atoms with Crippen molar-refractivity contribution >= 4 is 40.9 Å². The molecule has 11 heteroatoms. The summed E-state index contributed by atoms with van der Waals surface area (Å²) in [6, 6.07) is 10.1. The molecule has 2 N–H and O–H groups in total. The Morgan fingerprint density at radius 1 is 1.17 bits per heavy atom. The Hall–Kier alpha value is -2.23. The van der Waals surface area contributed by atoms with Gasteiger partial charge in [-0.05, 0) is 37.3 Å². The molecule has 29 heavy (non-hydrogen) atoms. The van der Waals surface area contributed by atoms with Crippen LogP contribution in [0.1, 0.15) is 12.5 Å². The largest absolute Gasteiger partial charge is 0.417 e. The van der Waals surface area contributed by atoms with E-state index in [1.807, 2.05) is 0 Å². The lowest BCUT2D eigenvalue weighted by molar-refractivity contribution is -0.137. The van der Waals surface area contributed by atoms with Crippen LogP contribution in [0, 0.1) is 0 Å². The van der Waals surface area contributed by atoms with Gasteiger partial charge < -0.3 is 5.73 Å². The van der Waals surface area contributed by atoms with Crippen molar-refractivity contribution in [3.63, 3.8) is 0 Å². The summed E-state index contributed by atoms with van der Waals surface area (Å²) in [6.45, 7) is 1.56. The molecule has 0 aliphatic heterocycles. The molecule has 1 amide bonds. The summed E-state index contributed by atoms with van der Waals surface area (Å²) in [7, 11) is 0. The number of alkyl halides is 3. The predicted octanol–water partition coefficient (Wildman–Crippen LogP) is 5.23. The van der Waals surface area contributed by atoms with Crippen molar-refractivity contribution in [3.8, 4) is 17.1 Å². The minimum Gasteiger partial charge on any atom is -0.369 e. The number of carbonyl (C=O) groups is 1. The summed E-state index contributed by atoms with van der Waals surface area (Å²) >= 11 is 12.8. The number of halogens is 5. The lowest BCUT2D eigenvalue weighted by Gasteiger charge is -2.15. The van der Waals surface area contributed by atoms with Gasteiger partial charge in [-0.2, -0.15) is 13.2 Å². The molecule has 1 atom stereocenters. The van der Waals surface area contributed by atoms with Gasteiger partial charge in [-0.15, -0.1) is 10.2 Å². The van der Waals surface area contributed by atoms with E-state index in [4.69, 9.17) is 28.9 Å². The molecule has 0 spiro atoms. The Morgan fingerprint density at radius 3 is 2.52 bits per heavy atom. The van der Waals surface area contributed by atoms with E-state index in [9.17, 15) is 18.0 Å². The van der Waals surface area contributed by atoms with Crippen LogP contribution in [0.2, 0.25) is 10.0 Å². The number of benzene rings is 2. The first-order valence-electron chi connectivity index (χ1n) is 8.12. The quantitative estimate of drug-likeness (QED) is 0.529. The zero-order valence-corrected chi connectivity index (χ0v) is 17.1. The molecule has 3 rings (SSSR count). The van der Waals surface area contributed by atoms with Crippen molar-refractivity contribution in [2.75, 3.05) is 0 Å². The average Bonchev–Trinajstić information content (AvgIpc) is 3.04. The number of aromatic nitrogens is 3. The van der Waals surface area contributed by atoms with Crippen molar-refractivity contribution in [1.82, 2.24) is 14.8 Å². The van der Waals surface area contributed by atoms with Crippen LogP contribution < -0.4 is 5.73 Å². The number of hydrogen-bond acceptors (Lipinski definition) is 4. The first-order valence-corrected chi connectivity index (χ1v) is 9.76. The molecule has 0 saturated heterocycles. The second-order valence-electron chi connectivity index (χ2n) is 5.98. The Balaban J connectivity index is 2.22. The van der Waals surface area contributed by atoms with E-state index in [-0.39, 0.29) is 16.7 Å². The van der Waals surface area contributed by atoms with Crippen LogP contribution in [-0.4, -0.2) is 25.9 Å².